The first kappa shape index (κ1) is 13.8. The van der Waals surface area contributed by atoms with Crippen molar-refractivity contribution < 1.29 is 14.4 Å². The first-order valence-electron chi connectivity index (χ1n) is 5.71. The first-order valence-corrected chi connectivity index (χ1v) is 6.09. The summed E-state index contributed by atoms with van der Waals surface area (Å²) in [6.07, 6.45) is -0.496. The van der Waals surface area contributed by atoms with Crippen molar-refractivity contribution in [3.05, 3.63) is 29.1 Å². The van der Waals surface area contributed by atoms with E-state index in [0.29, 0.717) is 35.1 Å². The molecule has 1 aromatic carbocycles. The monoisotopic (exact) mass is 283 g/mol. The van der Waals surface area contributed by atoms with Gasteiger partial charge in [0.2, 0.25) is 5.82 Å². The Hall–Kier alpha value is -1.63. The number of rotatable bonds is 5. The number of methoxy groups -OCH3 is 1. The highest BCUT2D eigenvalue weighted by atomic mass is 35.5. The Morgan fingerprint density at radius 1 is 1.53 bits per heavy atom. The molecule has 102 valence electrons. The Bertz CT molecular complexity index is 559. The Balaban J connectivity index is 2.32. The maximum absolute atomic E-state index is 9.72. The van der Waals surface area contributed by atoms with Gasteiger partial charge in [0.05, 0.1) is 12.7 Å². The van der Waals surface area contributed by atoms with Crippen molar-refractivity contribution in [3.63, 3.8) is 0 Å². The molecule has 0 radical (unpaired) electrons. The van der Waals surface area contributed by atoms with Gasteiger partial charge < -0.3 is 20.1 Å². The number of aliphatic hydroxyl groups excluding tert-OH is 1. The van der Waals surface area contributed by atoms with Crippen LogP contribution in [-0.4, -0.2) is 28.9 Å². The SMILES string of the molecule is COc1cc(Cl)ccc1-c1noc(C(O)CCN)n1. The summed E-state index contributed by atoms with van der Waals surface area (Å²) >= 11 is 5.88. The smallest absolute Gasteiger partial charge is 0.255 e. The van der Waals surface area contributed by atoms with Crippen molar-refractivity contribution >= 4 is 11.6 Å². The second-order valence-corrected chi connectivity index (χ2v) is 4.33. The molecular weight excluding hydrogens is 270 g/mol. The normalized spacial score (nSPS) is 12.4. The molecule has 0 bridgehead atoms. The van der Waals surface area contributed by atoms with Gasteiger partial charge in [0.1, 0.15) is 11.9 Å². The molecule has 0 aliphatic rings. The summed E-state index contributed by atoms with van der Waals surface area (Å²) in [6.45, 7) is 0.336. The molecule has 0 saturated carbocycles. The second kappa shape index (κ2) is 6.01. The molecule has 0 fully saturated rings. The lowest BCUT2D eigenvalue weighted by Gasteiger charge is -2.05. The van der Waals surface area contributed by atoms with Crippen LogP contribution in [0.4, 0.5) is 0 Å². The molecule has 1 aromatic heterocycles. The highest BCUT2D eigenvalue weighted by molar-refractivity contribution is 6.30. The predicted molar refractivity (Wildman–Crippen MR) is 69.9 cm³/mol. The van der Waals surface area contributed by atoms with Gasteiger partial charge in [-0.15, -0.1) is 0 Å². The van der Waals surface area contributed by atoms with Crippen LogP contribution in [0.3, 0.4) is 0 Å². The van der Waals surface area contributed by atoms with Gasteiger partial charge in [-0.25, -0.2) is 0 Å². The summed E-state index contributed by atoms with van der Waals surface area (Å²) in [6, 6.07) is 5.08. The number of hydrogen-bond acceptors (Lipinski definition) is 6. The lowest BCUT2D eigenvalue weighted by Crippen LogP contribution is -2.06. The molecular formula is C12H14ClN3O3. The van der Waals surface area contributed by atoms with Gasteiger partial charge in [-0.3, -0.25) is 0 Å². The highest BCUT2D eigenvalue weighted by Crippen LogP contribution is 2.31. The fourth-order valence-electron chi connectivity index (χ4n) is 1.61. The molecule has 7 heteroatoms. The zero-order valence-electron chi connectivity index (χ0n) is 10.3. The predicted octanol–water partition coefficient (Wildman–Crippen LogP) is 1.78. The topological polar surface area (TPSA) is 94.4 Å². The minimum Gasteiger partial charge on any atom is -0.496 e. The molecule has 3 N–H and O–H groups in total. The van der Waals surface area contributed by atoms with E-state index in [4.69, 9.17) is 26.6 Å². The fourth-order valence-corrected chi connectivity index (χ4v) is 1.77. The van der Waals surface area contributed by atoms with Crippen LogP contribution in [0.25, 0.3) is 11.4 Å². The summed E-state index contributed by atoms with van der Waals surface area (Å²) < 4.78 is 10.2. The summed E-state index contributed by atoms with van der Waals surface area (Å²) in [5, 5.41) is 14.1. The van der Waals surface area contributed by atoms with E-state index in [-0.39, 0.29) is 5.89 Å². The molecule has 1 unspecified atom stereocenters. The van der Waals surface area contributed by atoms with Crippen LogP contribution in [0.15, 0.2) is 22.7 Å². The Morgan fingerprint density at radius 2 is 2.32 bits per heavy atom. The van der Waals surface area contributed by atoms with Gasteiger partial charge in [-0.2, -0.15) is 4.98 Å². The zero-order valence-corrected chi connectivity index (χ0v) is 11.1. The Labute approximate surface area is 115 Å². The van der Waals surface area contributed by atoms with Crippen molar-refractivity contribution in [2.24, 2.45) is 5.73 Å². The lowest BCUT2D eigenvalue weighted by atomic mass is 10.2. The number of benzene rings is 1. The molecule has 0 spiro atoms. The Kier molecular flexibility index (Phi) is 4.36. The molecule has 0 amide bonds. The van der Waals surface area contributed by atoms with Crippen molar-refractivity contribution in [3.8, 4) is 17.1 Å². The van der Waals surface area contributed by atoms with E-state index in [1.54, 1.807) is 18.2 Å². The minimum atomic E-state index is -0.857. The molecule has 0 aliphatic heterocycles. The molecule has 2 aromatic rings. The van der Waals surface area contributed by atoms with Crippen LogP contribution in [0, 0.1) is 0 Å². The largest absolute Gasteiger partial charge is 0.496 e. The summed E-state index contributed by atoms with van der Waals surface area (Å²) in [5.41, 5.74) is 6.00. The van der Waals surface area contributed by atoms with Gasteiger partial charge >= 0.3 is 0 Å². The van der Waals surface area contributed by atoms with E-state index in [0.717, 1.165) is 0 Å². The zero-order chi connectivity index (χ0) is 13.8. The average Bonchev–Trinajstić information content (AvgIpc) is 2.88. The first-order chi connectivity index (χ1) is 9.15. The third kappa shape index (κ3) is 3.04. The van der Waals surface area contributed by atoms with Crippen LogP contribution in [-0.2, 0) is 0 Å². The van der Waals surface area contributed by atoms with Crippen LogP contribution >= 0.6 is 11.6 Å². The highest BCUT2D eigenvalue weighted by Gasteiger charge is 2.18. The van der Waals surface area contributed by atoms with E-state index in [1.807, 2.05) is 0 Å². The Morgan fingerprint density at radius 3 is 3.00 bits per heavy atom. The van der Waals surface area contributed by atoms with E-state index < -0.39 is 6.10 Å². The molecule has 19 heavy (non-hydrogen) atoms. The number of halogens is 1. The number of aliphatic hydroxyl groups is 1. The second-order valence-electron chi connectivity index (χ2n) is 3.89. The van der Waals surface area contributed by atoms with Gasteiger partial charge in [0, 0.05) is 5.02 Å². The number of ether oxygens (including phenoxy) is 1. The molecule has 1 atom stereocenters. The summed E-state index contributed by atoms with van der Waals surface area (Å²) in [4.78, 5) is 4.13. The molecule has 6 nitrogen and oxygen atoms in total. The van der Waals surface area contributed by atoms with Crippen molar-refractivity contribution in [2.75, 3.05) is 13.7 Å². The number of aromatic nitrogens is 2. The van der Waals surface area contributed by atoms with Gasteiger partial charge in [-0.1, -0.05) is 16.8 Å². The minimum absolute atomic E-state index is 0.137. The number of nitrogens with two attached hydrogens (primary N) is 1. The summed E-state index contributed by atoms with van der Waals surface area (Å²) in [7, 11) is 1.53. The van der Waals surface area contributed by atoms with Crippen molar-refractivity contribution in [1.29, 1.82) is 0 Å². The van der Waals surface area contributed by atoms with Gasteiger partial charge in [0.25, 0.3) is 5.89 Å². The van der Waals surface area contributed by atoms with Gasteiger partial charge in [-0.05, 0) is 31.2 Å². The summed E-state index contributed by atoms with van der Waals surface area (Å²) in [5.74, 6) is 1.00. The third-order valence-corrected chi connectivity index (χ3v) is 2.81. The quantitative estimate of drug-likeness (QED) is 0.868. The van der Waals surface area contributed by atoms with E-state index in [1.165, 1.54) is 7.11 Å². The molecule has 0 aliphatic carbocycles. The lowest BCUT2D eigenvalue weighted by molar-refractivity contribution is 0.127. The molecule has 1 heterocycles. The molecule has 0 saturated heterocycles. The van der Waals surface area contributed by atoms with Crippen LogP contribution in [0.5, 0.6) is 5.75 Å². The molecule has 2 rings (SSSR count). The average molecular weight is 284 g/mol. The van der Waals surface area contributed by atoms with Crippen molar-refractivity contribution in [2.45, 2.75) is 12.5 Å². The maximum atomic E-state index is 9.72. The van der Waals surface area contributed by atoms with E-state index in [9.17, 15) is 5.11 Å². The maximum Gasteiger partial charge on any atom is 0.255 e. The van der Waals surface area contributed by atoms with Gasteiger partial charge in [0.15, 0.2) is 0 Å². The third-order valence-electron chi connectivity index (χ3n) is 2.57. The van der Waals surface area contributed by atoms with Crippen LogP contribution in [0.2, 0.25) is 5.02 Å². The van der Waals surface area contributed by atoms with E-state index >= 15 is 0 Å². The van der Waals surface area contributed by atoms with Crippen molar-refractivity contribution in [1.82, 2.24) is 10.1 Å². The van der Waals surface area contributed by atoms with Crippen LogP contribution < -0.4 is 10.5 Å². The standard InChI is InChI=1S/C12H14ClN3O3/c1-18-10-6-7(13)2-3-8(10)11-15-12(19-16-11)9(17)4-5-14/h2-3,6,9,17H,4-5,14H2,1H3. The number of nitrogens with zero attached hydrogens (tertiary/aromatic N) is 2. The van der Waals surface area contributed by atoms with Crippen LogP contribution in [0.1, 0.15) is 18.4 Å². The van der Waals surface area contributed by atoms with E-state index in [2.05, 4.69) is 10.1 Å². The number of hydrogen-bond donors (Lipinski definition) is 2. The fraction of sp³-hybridized carbons (Fsp3) is 0.333.